The average molecular weight is 401 g/mol. The molecule has 0 aliphatic heterocycles. The molecule has 0 fully saturated rings. The number of esters is 1. The van der Waals surface area contributed by atoms with E-state index in [0.29, 0.717) is 5.75 Å². The predicted molar refractivity (Wildman–Crippen MR) is 108 cm³/mol. The molecule has 0 saturated carbocycles. The van der Waals surface area contributed by atoms with Crippen molar-refractivity contribution in [3.8, 4) is 11.5 Å². The molecule has 29 heavy (non-hydrogen) atoms. The third-order valence-corrected chi connectivity index (χ3v) is 4.44. The Balaban J connectivity index is 2.01. The summed E-state index contributed by atoms with van der Waals surface area (Å²) in [5.74, 6) is 0.668. The van der Waals surface area contributed by atoms with Crippen LogP contribution in [0.4, 0.5) is 0 Å². The first kappa shape index (κ1) is 22.2. The lowest BCUT2D eigenvalue weighted by Gasteiger charge is -2.21. The maximum absolute atomic E-state index is 12.6. The first-order valence-electron chi connectivity index (χ1n) is 9.22. The van der Waals surface area contributed by atoms with Crippen molar-refractivity contribution >= 4 is 11.9 Å². The fourth-order valence-corrected chi connectivity index (χ4v) is 2.69. The van der Waals surface area contributed by atoms with E-state index in [1.807, 2.05) is 24.3 Å². The van der Waals surface area contributed by atoms with Crippen LogP contribution in [-0.4, -0.2) is 39.3 Å². The van der Waals surface area contributed by atoms with Crippen LogP contribution < -0.4 is 14.8 Å². The van der Waals surface area contributed by atoms with Crippen molar-refractivity contribution in [3.63, 3.8) is 0 Å². The Morgan fingerprint density at radius 3 is 2.28 bits per heavy atom. The maximum atomic E-state index is 12.6. The first-order chi connectivity index (χ1) is 14.0. The van der Waals surface area contributed by atoms with Gasteiger partial charge < -0.3 is 24.3 Å². The Kier molecular flexibility index (Phi) is 8.48. The minimum atomic E-state index is -0.709. The molecule has 2 rings (SSSR count). The Hall–Kier alpha value is -3.06. The summed E-state index contributed by atoms with van der Waals surface area (Å²) < 4.78 is 20.8. The zero-order chi connectivity index (χ0) is 21.2. The van der Waals surface area contributed by atoms with Crippen molar-refractivity contribution in [1.29, 1.82) is 0 Å². The maximum Gasteiger partial charge on any atom is 0.307 e. The van der Waals surface area contributed by atoms with Crippen LogP contribution in [0.3, 0.4) is 0 Å². The Morgan fingerprint density at radius 1 is 0.966 bits per heavy atom. The molecule has 0 spiro atoms. The topological polar surface area (TPSA) is 83.1 Å². The second-order valence-electron chi connectivity index (χ2n) is 6.42. The molecule has 0 bridgehead atoms. The SMILES string of the molecule is COC(=O)CC(NC(=O)C(C)OCc1cccc(OC)c1)c1ccc(OC)cc1. The van der Waals surface area contributed by atoms with Gasteiger partial charge in [-0.3, -0.25) is 9.59 Å². The van der Waals surface area contributed by atoms with E-state index < -0.39 is 18.1 Å². The van der Waals surface area contributed by atoms with Crippen molar-refractivity contribution < 1.29 is 28.5 Å². The molecule has 0 aliphatic rings. The van der Waals surface area contributed by atoms with Crippen LogP contribution >= 0.6 is 0 Å². The lowest BCUT2D eigenvalue weighted by atomic mass is 10.0. The Bertz CT molecular complexity index is 805. The molecular formula is C22H27NO6. The molecule has 0 saturated heterocycles. The van der Waals surface area contributed by atoms with Crippen LogP contribution in [0, 0.1) is 0 Å². The zero-order valence-corrected chi connectivity index (χ0v) is 17.1. The predicted octanol–water partition coefficient (Wildman–Crippen LogP) is 3.03. The highest BCUT2D eigenvalue weighted by Gasteiger charge is 2.22. The van der Waals surface area contributed by atoms with Crippen molar-refractivity contribution in [2.75, 3.05) is 21.3 Å². The molecule has 2 unspecified atom stereocenters. The minimum Gasteiger partial charge on any atom is -0.497 e. The van der Waals surface area contributed by atoms with Crippen LogP contribution in [0.5, 0.6) is 11.5 Å². The molecule has 0 heterocycles. The number of rotatable bonds is 10. The van der Waals surface area contributed by atoms with Crippen LogP contribution in [0.15, 0.2) is 48.5 Å². The summed E-state index contributed by atoms with van der Waals surface area (Å²) in [6.07, 6.45) is -0.698. The Labute approximate surface area is 170 Å². The van der Waals surface area contributed by atoms with Gasteiger partial charge in [-0.15, -0.1) is 0 Å². The van der Waals surface area contributed by atoms with E-state index in [9.17, 15) is 9.59 Å². The normalized spacial score (nSPS) is 12.6. The summed E-state index contributed by atoms with van der Waals surface area (Å²) >= 11 is 0. The van der Waals surface area contributed by atoms with Crippen molar-refractivity contribution in [3.05, 3.63) is 59.7 Å². The highest BCUT2D eigenvalue weighted by molar-refractivity contribution is 5.81. The van der Waals surface area contributed by atoms with Crippen LogP contribution in [0.25, 0.3) is 0 Å². The van der Waals surface area contributed by atoms with E-state index in [2.05, 4.69) is 5.32 Å². The van der Waals surface area contributed by atoms with Crippen molar-refractivity contribution in [1.82, 2.24) is 5.32 Å². The number of carbonyl (C=O) groups is 2. The van der Waals surface area contributed by atoms with E-state index in [0.717, 1.165) is 16.9 Å². The summed E-state index contributed by atoms with van der Waals surface area (Å²) in [7, 11) is 4.48. The summed E-state index contributed by atoms with van der Waals surface area (Å²) in [6, 6.07) is 14.0. The fraction of sp³-hybridized carbons (Fsp3) is 0.364. The second kappa shape index (κ2) is 11.1. The molecule has 2 aromatic rings. The molecule has 0 aliphatic carbocycles. The highest BCUT2D eigenvalue weighted by Crippen LogP contribution is 2.21. The zero-order valence-electron chi connectivity index (χ0n) is 17.1. The van der Waals surface area contributed by atoms with Gasteiger partial charge in [-0.1, -0.05) is 24.3 Å². The molecule has 0 radical (unpaired) electrons. The molecule has 1 amide bonds. The molecule has 7 nitrogen and oxygen atoms in total. The number of ether oxygens (including phenoxy) is 4. The molecule has 7 heteroatoms. The van der Waals surface area contributed by atoms with Gasteiger partial charge in [0.2, 0.25) is 5.91 Å². The number of methoxy groups -OCH3 is 3. The standard InChI is InChI=1S/C22H27NO6/c1-15(29-14-16-6-5-7-19(12-16)27-3)22(25)23-20(13-21(24)28-4)17-8-10-18(26-2)11-9-17/h5-12,15,20H,13-14H2,1-4H3,(H,23,25). The number of carbonyl (C=O) groups excluding carboxylic acids is 2. The van der Waals surface area contributed by atoms with Gasteiger partial charge in [0, 0.05) is 0 Å². The van der Waals surface area contributed by atoms with Crippen LogP contribution in [-0.2, 0) is 25.7 Å². The van der Waals surface area contributed by atoms with E-state index in [-0.39, 0.29) is 18.9 Å². The van der Waals surface area contributed by atoms with E-state index >= 15 is 0 Å². The molecule has 2 aromatic carbocycles. The molecule has 156 valence electrons. The summed E-state index contributed by atoms with van der Waals surface area (Å²) in [4.78, 5) is 24.4. The van der Waals surface area contributed by atoms with Crippen molar-refractivity contribution in [2.24, 2.45) is 0 Å². The van der Waals surface area contributed by atoms with Gasteiger partial charge in [-0.25, -0.2) is 0 Å². The highest BCUT2D eigenvalue weighted by atomic mass is 16.5. The number of hydrogen-bond donors (Lipinski definition) is 1. The van der Waals surface area contributed by atoms with Gasteiger partial charge in [-0.2, -0.15) is 0 Å². The van der Waals surface area contributed by atoms with Gasteiger partial charge in [-0.05, 0) is 42.3 Å². The van der Waals surface area contributed by atoms with E-state index in [1.165, 1.54) is 7.11 Å². The molecular weight excluding hydrogens is 374 g/mol. The third-order valence-electron chi connectivity index (χ3n) is 4.44. The number of benzene rings is 2. The third kappa shape index (κ3) is 6.80. The van der Waals surface area contributed by atoms with Crippen LogP contribution in [0.1, 0.15) is 30.5 Å². The van der Waals surface area contributed by atoms with Crippen molar-refractivity contribution in [2.45, 2.75) is 32.1 Å². The second-order valence-corrected chi connectivity index (χ2v) is 6.42. The minimum absolute atomic E-state index is 0.0111. The van der Waals surface area contributed by atoms with Gasteiger partial charge >= 0.3 is 5.97 Å². The smallest absolute Gasteiger partial charge is 0.307 e. The summed E-state index contributed by atoms with van der Waals surface area (Å²) in [6.45, 7) is 1.93. The summed E-state index contributed by atoms with van der Waals surface area (Å²) in [5, 5.41) is 2.86. The number of nitrogens with one attached hydrogen (secondary N) is 1. The van der Waals surface area contributed by atoms with Crippen LogP contribution in [0.2, 0.25) is 0 Å². The first-order valence-corrected chi connectivity index (χ1v) is 9.22. The number of amides is 1. The van der Waals surface area contributed by atoms with E-state index in [1.54, 1.807) is 45.4 Å². The van der Waals surface area contributed by atoms with Gasteiger partial charge in [0.05, 0.1) is 40.4 Å². The van der Waals surface area contributed by atoms with Gasteiger partial charge in [0.15, 0.2) is 0 Å². The lowest BCUT2D eigenvalue weighted by Crippen LogP contribution is -2.38. The average Bonchev–Trinajstić information content (AvgIpc) is 2.76. The molecule has 0 aromatic heterocycles. The summed E-state index contributed by atoms with van der Waals surface area (Å²) in [5.41, 5.74) is 1.66. The largest absolute Gasteiger partial charge is 0.497 e. The Morgan fingerprint density at radius 2 is 1.66 bits per heavy atom. The van der Waals surface area contributed by atoms with E-state index in [4.69, 9.17) is 18.9 Å². The van der Waals surface area contributed by atoms with Gasteiger partial charge in [0.25, 0.3) is 0 Å². The quantitative estimate of drug-likeness (QED) is 0.616. The molecule has 2 atom stereocenters. The molecule has 1 N–H and O–H groups in total. The lowest BCUT2D eigenvalue weighted by molar-refractivity contribution is -0.141. The fourth-order valence-electron chi connectivity index (χ4n) is 2.69. The number of hydrogen-bond acceptors (Lipinski definition) is 6. The monoisotopic (exact) mass is 401 g/mol. The van der Waals surface area contributed by atoms with Gasteiger partial charge in [0.1, 0.15) is 17.6 Å².